The molecule has 0 N–H and O–H groups in total. The van der Waals surface area contributed by atoms with Crippen LogP contribution in [-0.2, 0) is 16.1 Å². The maximum Gasteiger partial charge on any atom is 0.307 e. The molecule has 1 saturated carbocycles. The van der Waals surface area contributed by atoms with Gasteiger partial charge in [-0.25, -0.2) is 0 Å². The molecule has 2 heterocycles. The van der Waals surface area contributed by atoms with E-state index in [9.17, 15) is 9.59 Å². The van der Waals surface area contributed by atoms with Gasteiger partial charge in [0, 0.05) is 29.4 Å². The minimum Gasteiger partial charge on any atom is -0.469 e. The molecule has 0 spiro atoms. The third-order valence-electron chi connectivity index (χ3n) is 4.32. The Morgan fingerprint density at radius 2 is 2.12 bits per heavy atom. The monoisotopic (exact) mass is 363 g/mol. The van der Waals surface area contributed by atoms with E-state index in [1.54, 1.807) is 0 Å². The Bertz CT molecular complexity index is 792. The number of hydrogen-bond acceptors (Lipinski definition) is 7. The van der Waals surface area contributed by atoms with Gasteiger partial charge >= 0.3 is 5.97 Å². The van der Waals surface area contributed by atoms with E-state index < -0.39 is 0 Å². The largest absolute Gasteiger partial charge is 0.469 e. The zero-order valence-corrected chi connectivity index (χ0v) is 15.4. The third-order valence-corrected chi connectivity index (χ3v) is 5.14. The van der Waals surface area contributed by atoms with Crippen LogP contribution in [-0.4, -0.2) is 39.4 Å². The lowest BCUT2D eigenvalue weighted by molar-refractivity contribution is -0.140. The first-order chi connectivity index (χ1) is 12.0. The topological polar surface area (TPSA) is 87.2 Å². The van der Waals surface area contributed by atoms with Crippen LogP contribution in [0.25, 0.3) is 0 Å². The average Bonchev–Trinajstić information content (AvgIpc) is 3.28. The van der Waals surface area contributed by atoms with Crippen LogP contribution >= 0.6 is 11.8 Å². The predicted molar refractivity (Wildman–Crippen MR) is 91.9 cm³/mol. The lowest BCUT2D eigenvalue weighted by atomic mass is 10.2. The molecule has 7 nitrogen and oxygen atoms in total. The number of ketones is 1. The molecular formula is C17H21N3O4S. The van der Waals surface area contributed by atoms with Crippen molar-refractivity contribution in [3.63, 3.8) is 0 Å². The van der Waals surface area contributed by atoms with Crippen LogP contribution in [0, 0.1) is 13.8 Å². The minimum atomic E-state index is -0.265. The highest BCUT2D eigenvalue weighted by atomic mass is 32.2. The summed E-state index contributed by atoms with van der Waals surface area (Å²) in [4.78, 5) is 23.9. The van der Waals surface area contributed by atoms with Crippen molar-refractivity contribution < 1.29 is 18.7 Å². The number of aromatic nitrogens is 3. The number of Topliss-reactive ketones (excluding diaryl/α,β-unsaturated/α-hetero) is 1. The van der Waals surface area contributed by atoms with Crippen molar-refractivity contribution in [2.24, 2.45) is 0 Å². The van der Waals surface area contributed by atoms with E-state index in [0.717, 1.165) is 24.2 Å². The minimum absolute atomic E-state index is 0.00795. The molecule has 0 bridgehead atoms. The molecule has 0 unspecified atom stereocenters. The number of aryl methyl sites for hydroxylation is 1. The highest BCUT2D eigenvalue weighted by molar-refractivity contribution is 7.99. The van der Waals surface area contributed by atoms with Gasteiger partial charge in [-0.2, -0.15) is 0 Å². The second-order valence-corrected chi connectivity index (χ2v) is 7.08. The van der Waals surface area contributed by atoms with Crippen LogP contribution in [0.5, 0.6) is 0 Å². The van der Waals surface area contributed by atoms with E-state index >= 15 is 0 Å². The van der Waals surface area contributed by atoms with Crippen molar-refractivity contribution in [3.8, 4) is 0 Å². The Balaban J connectivity index is 1.61. The van der Waals surface area contributed by atoms with Crippen molar-refractivity contribution >= 4 is 23.5 Å². The highest BCUT2D eigenvalue weighted by Crippen LogP contribution is 2.39. The molecule has 1 fully saturated rings. The number of rotatable bonds is 8. The molecular weight excluding hydrogens is 342 g/mol. The van der Waals surface area contributed by atoms with Gasteiger partial charge in [-0.15, -0.1) is 10.2 Å². The van der Waals surface area contributed by atoms with Gasteiger partial charge in [-0.3, -0.25) is 9.59 Å². The molecule has 1 aliphatic rings. The Morgan fingerprint density at radius 3 is 2.80 bits per heavy atom. The van der Waals surface area contributed by atoms with Gasteiger partial charge in [0.1, 0.15) is 0 Å². The Morgan fingerprint density at radius 1 is 1.36 bits per heavy atom. The van der Waals surface area contributed by atoms with E-state index in [4.69, 9.17) is 4.42 Å². The smallest absolute Gasteiger partial charge is 0.307 e. The molecule has 8 heteroatoms. The van der Waals surface area contributed by atoms with Gasteiger partial charge in [0.25, 0.3) is 5.22 Å². The molecule has 134 valence electrons. The van der Waals surface area contributed by atoms with E-state index in [2.05, 4.69) is 14.9 Å². The molecule has 0 aromatic carbocycles. The lowest BCUT2D eigenvalue weighted by Crippen LogP contribution is -2.10. The number of esters is 1. The van der Waals surface area contributed by atoms with Gasteiger partial charge < -0.3 is 13.7 Å². The molecule has 3 rings (SSSR count). The maximum atomic E-state index is 12.5. The fraction of sp³-hybridized carbons (Fsp3) is 0.529. The van der Waals surface area contributed by atoms with Crippen molar-refractivity contribution in [1.82, 2.24) is 14.8 Å². The van der Waals surface area contributed by atoms with Gasteiger partial charge in [0.15, 0.2) is 5.78 Å². The SMILES string of the molecule is COC(=O)CCn1c(C)cc(C(=O)CSc2nnc(C3CC3)o2)c1C. The third kappa shape index (κ3) is 4.12. The van der Waals surface area contributed by atoms with Crippen LogP contribution in [0.1, 0.15) is 52.8 Å². The maximum absolute atomic E-state index is 12.5. The summed E-state index contributed by atoms with van der Waals surface area (Å²) in [6, 6.07) is 1.86. The Labute approximate surface area is 150 Å². The standard InChI is InChI=1S/C17H21N3O4S/c1-10-8-13(11(2)20(10)7-6-15(22)23-3)14(21)9-25-17-19-18-16(24-17)12-4-5-12/h8,12H,4-7,9H2,1-3H3. The number of methoxy groups -OCH3 is 1. The predicted octanol–water partition coefficient (Wildman–Crippen LogP) is 2.90. The summed E-state index contributed by atoms with van der Waals surface area (Å²) in [6.45, 7) is 4.31. The number of ether oxygens (including phenoxy) is 1. The van der Waals surface area contributed by atoms with Crippen LogP contribution in [0.15, 0.2) is 15.7 Å². The summed E-state index contributed by atoms with van der Waals surface area (Å²) >= 11 is 1.26. The van der Waals surface area contributed by atoms with Crippen LogP contribution in [0.3, 0.4) is 0 Å². The van der Waals surface area contributed by atoms with E-state index in [-0.39, 0.29) is 23.9 Å². The molecule has 0 saturated heterocycles. The molecule has 2 aromatic heterocycles. The van der Waals surface area contributed by atoms with Crippen molar-refractivity contribution in [3.05, 3.63) is 28.9 Å². The zero-order valence-electron chi connectivity index (χ0n) is 14.6. The number of nitrogens with zero attached hydrogens (tertiary/aromatic N) is 3. The summed E-state index contributed by atoms with van der Waals surface area (Å²) in [5.74, 6) is 1.07. The summed E-state index contributed by atoms with van der Waals surface area (Å²) in [5, 5.41) is 8.44. The molecule has 0 atom stereocenters. The number of carbonyl (C=O) groups is 2. The molecule has 0 radical (unpaired) electrons. The summed E-state index contributed by atoms with van der Waals surface area (Å²) in [5.41, 5.74) is 2.47. The van der Waals surface area contributed by atoms with Gasteiger partial charge in [-0.1, -0.05) is 11.8 Å². The fourth-order valence-electron chi connectivity index (χ4n) is 2.71. The highest BCUT2D eigenvalue weighted by Gasteiger charge is 2.29. The zero-order chi connectivity index (χ0) is 18.0. The molecule has 0 amide bonds. The molecule has 1 aliphatic carbocycles. The summed E-state index contributed by atoms with van der Waals surface area (Å²) < 4.78 is 12.2. The Hall–Kier alpha value is -2.09. The lowest BCUT2D eigenvalue weighted by Gasteiger charge is -2.08. The van der Waals surface area contributed by atoms with Crippen molar-refractivity contribution in [2.75, 3.05) is 12.9 Å². The van der Waals surface area contributed by atoms with Crippen LogP contribution in [0.2, 0.25) is 0 Å². The van der Waals surface area contributed by atoms with Crippen molar-refractivity contribution in [1.29, 1.82) is 0 Å². The number of hydrogen-bond donors (Lipinski definition) is 0. The molecule has 25 heavy (non-hydrogen) atoms. The van der Waals surface area contributed by atoms with E-state index in [0.29, 0.717) is 29.1 Å². The summed E-state index contributed by atoms with van der Waals surface area (Å²) in [6.07, 6.45) is 2.48. The normalized spacial score (nSPS) is 13.9. The second kappa shape index (κ2) is 7.43. The van der Waals surface area contributed by atoms with Gasteiger partial charge in [0.05, 0.1) is 19.3 Å². The Kier molecular flexibility index (Phi) is 5.27. The first-order valence-corrected chi connectivity index (χ1v) is 9.21. The van der Waals surface area contributed by atoms with Crippen LogP contribution in [0.4, 0.5) is 0 Å². The first kappa shape index (κ1) is 17.7. The summed E-state index contributed by atoms with van der Waals surface area (Å²) in [7, 11) is 1.37. The van der Waals surface area contributed by atoms with Crippen LogP contribution < -0.4 is 0 Å². The van der Waals surface area contributed by atoms with E-state index in [1.807, 2.05) is 24.5 Å². The first-order valence-electron chi connectivity index (χ1n) is 8.22. The quantitative estimate of drug-likeness (QED) is 0.405. The fourth-order valence-corrected chi connectivity index (χ4v) is 3.36. The average molecular weight is 363 g/mol. The number of carbonyl (C=O) groups excluding carboxylic acids is 2. The molecule has 0 aliphatic heterocycles. The van der Waals surface area contributed by atoms with Crippen molar-refractivity contribution in [2.45, 2.75) is 50.8 Å². The second-order valence-electron chi connectivity index (χ2n) is 6.15. The van der Waals surface area contributed by atoms with Gasteiger partial charge in [-0.05, 0) is 32.8 Å². The number of thioether (sulfide) groups is 1. The van der Waals surface area contributed by atoms with E-state index in [1.165, 1.54) is 18.9 Å². The molecule has 2 aromatic rings. The van der Waals surface area contributed by atoms with Gasteiger partial charge in [0.2, 0.25) is 5.89 Å².